The van der Waals surface area contributed by atoms with Gasteiger partial charge in [0.1, 0.15) is 5.82 Å². The van der Waals surface area contributed by atoms with Crippen molar-refractivity contribution in [1.82, 2.24) is 15.3 Å². The van der Waals surface area contributed by atoms with Crippen molar-refractivity contribution in [2.45, 2.75) is 25.2 Å². The number of thioether (sulfide) groups is 1. The van der Waals surface area contributed by atoms with E-state index in [1.165, 1.54) is 17.5 Å². The van der Waals surface area contributed by atoms with Crippen LogP contribution in [0.2, 0.25) is 0 Å². The van der Waals surface area contributed by atoms with E-state index in [1.807, 2.05) is 12.1 Å². The largest absolute Gasteiger partial charge is 0.308 e. The molecule has 0 fully saturated rings. The molecule has 0 atom stereocenters. The summed E-state index contributed by atoms with van der Waals surface area (Å²) in [6.45, 7) is 5.52. The number of benzene rings is 1. The van der Waals surface area contributed by atoms with Gasteiger partial charge < -0.3 is 10.6 Å². The van der Waals surface area contributed by atoms with E-state index in [0.717, 1.165) is 29.5 Å². The molecule has 0 unspecified atom stereocenters. The van der Waals surface area contributed by atoms with Gasteiger partial charge in [0.05, 0.1) is 5.56 Å². The van der Waals surface area contributed by atoms with E-state index in [2.05, 4.69) is 58.7 Å². The minimum Gasteiger partial charge on any atom is -0.308 e. The highest BCUT2D eigenvalue weighted by atomic mass is 32.2. The van der Waals surface area contributed by atoms with Crippen LogP contribution in [0.15, 0.2) is 72.0 Å². The van der Waals surface area contributed by atoms with Crippen LogP contribution in [0.3, 0.4) is 0 Å². The zero-order valence-corrected chi connectivity index (χ0v) is 17.6. The number of amides is 1. The summed E-state index contributed by atoms with van der Waals surface area (Å²) in [6, 6.07) is 15.7. The maximum atomic E-state index is 12.2. The Kier molecular flexibility index (Phi) is 7.78. The molecule has 1 amide bonds. The SMILES string of the molecule is CC(C)CCNCSc1cccc(-c2ccc(NC(=O)c3cccnc3)nc2)c1. The molecule has 6 heteroatoms. The fourth-order valence-electron chi connectivity index (χ4n) is 2.69. The summed E-state index contributed by atoms with van der Waals surface area (Å²) in [5, 5.41) is 6.26. The molecule has 2 N–H and O–H groups in total. The standard InChI is InChI=1S/C23H26N4OS/c1-17(2)10-12-25-16-29-21-7-3-5-18(13-21)19-8-9-22(26-15-19)27-23(28)20-6-4-11-24-14-20/h3-9,11,13-15,17,25H,10,12,16H2,1-2H3,(H,26,27,28). The van der Waals surface area contributed by atoms with Gasteiger partial charge in [-0.2, -0.15) is 0 Å². The first-order chi connectivity index (χ1) is 14.1. The number of hydrogen-bond acceptors (Lipinski definition) is 5. The van der Waals surface area contributed by atoms with E-state index in [-0.39, 0.29) is 5.91 Å². The van der Waals surface area contributed by atoms with Crippen molar-refractivity contribution in [3.63, 3.8) is 0 Å². The minimum absolute atomic E-state index is 0.221. The number of pyridine rings is 2. The predicted octanol–water partition coefficient (Wildman–Crippen LogP) is 5.08. The quantitative estimate of drug-likeness (QED) is 0.295. The number of aromatic nitrogens is 2. The Morgan fingerprint density at radius 3 is 2.69 bits per heavy atom. The Labute approximate surface area is 176 Å². The second-order valence-corrected chi connectivity index (χ2v) is 8.18. The monoisotopic (exact) mass is 406 g/mol. The van der Waals surface area contributed by atoms with Crippen LogP contribution in [0.1, 0.15) is 30.6 Å². The Morgan fingerprint density at radius 2 is 1.97 bits per heavy atom. The van der Waals surface area contributed by atoms with Gasteiger partial charge in [0.2, 0.25) is 0 Å². The maximum absolute atomic E-state index is 12.2. The Morgan fingerprint density at radius 1 is 1.07 bits per heavy atom. The molecule has 0 aliphatic rings. The normalized spacial score (nSPS) is 10.9. The van der Waals surface area contributed by atoms with Crippen LogP contribution >= 0.6 is 11.8 Å². The molecule has 0 bridgehead atoms. The van der Waals surface area contributed by atoms with Crippen molar-refractivity contribution in [1.29, 1.82) is 0 Å². The third-order valence-electron chi connectivity index (χ3n) is 4.34. The molecule has 1 aromatic carbocycles. The van der Waals surface area contributed by atoms with Crippen molar-refractivity contribution < 1.29 is 4.79 Å². The molecule has 2 heterocycles. The van der Waals surface area contributed by atoms with E-state index in [0.29, 0.717) is 11.4 Å². The Hall–Kier alpha value is -2.70. The highest BCUT2D eigenvalue weighted by Gasteiger charge is 2.07. The fraction of sp³-hybridized carbons (Fsp3) is 0.261. The average Bonchev–Trinajstić information content (AvgIpc) is 2.74. The van der Waals surface area contributed by atoms with Crippen LogP contribution < -0.4 is 10.6 Å². The first kappa shape index (κ1) is 21.0. The Balaban J connectivity index is 1.57. The molecule has 0 spiro atoms. The molecular formula is C23H26N4OS. The molecule has 0 saturated heterocycles. The van der Waals surface area contributed by atoms with E-state index in [9.17, 15) is 4.79 Å². The molecule has 5 nitrogen and oxygen atoms in total. The van der Waals surface area contributed by atoms with E-state index in [4.69, 9.17) is 0 Å². The van der Waals surface area contributed by atoms with Gasteiger partial charge in [-0.25, -0.2) is 4.98 Å². The number of nitrogens with zero attached hydrogens (tertiary/aromatic N) is 2. The van der Waals surface area contributed by atoms with Crippen LogP contribution in [-0.4, -0.2) is 28.3 Å². The lowest BCUT2D eigenvalue weighted by molar-refractivity contribution is 0.102. The summed E-state index contributed by atoms with van der Waals surface area (Å²) in [5.41, 5.74) is 2.62. The predicted molar refractivity (Wildman–Crippen MR) is 120 cm³/mol. The maximum Gasteiger partial charge on any atom is 0.258 e. The number of nitrogens with one attached hydrogen (secondary N) is 2. The van der Waals surface area contributed by atoms with Gasteiger partial charge in [-0.1, -0.05) is 26.0 Å². The van der Waals surface area contributed by atoms with Gasteiger partial charge in [-0.3, -0.25) is 9.78 Å². The molecule has 0 saturated carbocycles. The van der Waals surface area contributed by atoms with Crippen molar-refractivity contribution in [2.75, 3.05) is 17.7 Å². The molecule has 3 aromatic rings. The second kappa shape index (κ2) is 10.7. The molecule has 29 heavy (non-hydrogen) atoms. The smallest absolute Gasteiger partial charge is 0.258 e. The molecule has 3 rings (SSSR count). The van der Waals surface area contributed by atoms with Gasteiger partial charge in [-0.15, -0.1) is 11.8 Å². The summed E-state index contributed by atoms with van der Waals surface area (Å²) in [7, 11) is 0. The topological polar surface area (TPSA) is 66.9 Å². The Bertz CT molecular complexity index is 914. The number of hydrogen-bond donors (Lipinski definition) is 2. The third kappa shape index (κ3) is 6.69. The zero-order valence-electron chi connectivity index (χ0n) is 16.8. The molecule has 0 aliphatic carbocycles. The highest BCUT2D eigenvalue weighted by molar-refractivity contribution is 7.99. The van der Waals surface area contributed by atoms with Gasteiger partial charge >= 0.3 is 0 Å². The van der Waals surface area contributed by atoms with Crippen LogP contribution in [0, 0.1) is 5.92 Å². The summed E-state index contributed by atoms with van der Waals surface area (Å²) in [6.07, 6.45) is 6.14. The third-order valence-corrected chi connectivity index (χ3v) is 5.27. The fourth-order valence-corrected chi connectivity index (χ4v) is 3.49. The first-order valence-electron chi connectivity index (χ1n) is 9.73. The minimum atomic E-state index is -0.221. The van der Waals surface area contributed by atoms with Crippen molar-refractivity contribution in [2.24, 2.45) is 5.92 Å². The summed E-state index contributed by atoms with van der Waals surface area (Å²) in [4.78, 5) is 21.8. The van der Waals surface area contributed by atoms with Crippen LogP contribution in [0.25, 0.3) is 11.1 Å². The first-order valence-corrected chi connectivity index (χ1v) is 10.7. The van der Waals surface area contributed by atoms with Crippen LogP contribution in [-0.2, 0) is 0 Å². The van der Waals surface area contributed by atoms with Gasteiger partial charge in [0.15, 0.2) is 0 Å². The lowest BCUT2D eigenvalue weighted by atomic mass is 10.1. The lowest BCUT2D eigenvalue weighted by Gasteiger charge is -2.09. The van der Waals surface area contributed by atoms with Crippen LogP contribution in [0.4, 0.5) is 5.82 Å². The summed E-state index contributed by atoms with van der Waals surface area (Å²) in [5.74, 6) is 1.91. The highest BCUT2D eigenvalue weighted by Crippen LogP contribution is 2.25. The number of anilines is 1. The summed E-state index contributed by atoms with van der Waals surface area (Å²) >= 11 is 1.80. The van der Waals surface area contributed by atoms with E-state index < -0.39 is 0 Å². The van der Waals surface area contributed by atoms with Crippen molar-refractivity contribution in [3.8, 4) is 11.1 Å². The van der Waals surface area contributed by atoms with E-state index in [1.54, 1.807) is 36.3 Å². The molecule has 150 valence electrons. The number of rotatable bonds is 9. The van der Waals surface area contributed by atoms with Crippen molar-refractivity contribution in [3.05, 3.63) is 72.7 Å². The number of carbonyl (C=O) groups is 1. The second-order valence-electron chi connectivity index (χ2n) is 7.13. The average molecular weight is 407 g/mol. The molecule has 0 radical (unpaired) electrons. The van der Waals surface area contributed by atoms with Gasteiger partial charge in [-0.05, 0) is 60.8 Å². The molecule has 2 aromatic heterocycles. The lowest BCUT2D eigenvalue weighted by Crippen LogP contribution is -2.15. The van der Waals surface area contributed by atoms with Gasteiger partial charge in [0, 0.05) is 34.9 Å². The number of carbonyl (C=O) groups excluding carboxylic acids is 1. The molecular weight excluding hydrogens is 380 g/mol. The van der Waals surface area contributed by atoms with Crippen LogP contribution in [0.5, 0.6) is 0 Å². The zero-order chi connectivity index (χ0) is 20.5. The van der Waals surface area contributed by atoms with Gasteiger partial charge in [0.25, 0.3) is 5.91 Å². The summed E-state index contributed by atoms with van der Waals surface area (Å²) < 4.78 is 0. The molecule has 0 aliphatic heterocycles. The van der Waals surface area contributed by atoms with Crippen molar-refractivity contribution >= 4 is 23.5 Å². The van der Waals surface area contributed by atoms with E-state index >= 15 is 0 Å².